The SMILES string of the molecule is CC(=O)c1ccc(OC2CCN(Cc3ccc(Cl)cc3)CC2)c(Cl)c1. The van der Waals surface area contributed by atoms with Crippen LogP contribution in [0.4, 0.5) is 0 Å². The van der Waals surface area contributed by atoms with E-state index in [9.17, 15) is 4.79 Å². The van der Waals surface area contributed by atoms with Crippen molar-refractivity contribution >= 4 is 29.0 Å². The molecule has 0 amide bonds. The van der Waals surface area contributed by atoms with Gasteiger partial charge < -0.3 is 4.74 Å². The van der Waals surface area contributed by atoms with Gasteiger partial charge in [0.25, 0.3) is 0 Å². The molecule has 1 saturated heterocycles. The number of ether oxygens (including phenoxy) is 1. The predicted molar refractivity (Wildman–Crippen MR) is 102 cm³/mol. The number of carbonyl (C=O) groups is 1. The fraction of sp³-hybridized carbons (Fsp3) is 0.350. The van der Waals surface area contributed by atoms with Crippen LogP contribution in [-0.2, 0) is 6.54 Å². The minimum absolute atomic E-state index is 0.00366. The molecule has 0 aliphatic carbocycles. The van der Waals surface area contributed by atoms with Gasteiger partial charge in [-0.1, -0.05) is 35.3 Å². The fourth-order valence-corrected chi connectivity index (χ4v) is 3.38. The molecule has 1 fully saturated rings. The van der Waals surface area contributed by atoms with Crippen LogP contribution in [0.2, 0.25) is 10.0 Å². The highest BCUT2D eigenvalue weighted by Crippen LogP contribution is 2.29. The van der Waals surface area contributed by atoms with Gasteiger partial charge in [0.1, 0.15) is 11.9 Å². The van der Waals surface area contributed by atoms with Gasteiger partial charge in [0.15, 0.2) is 5.78 Å². The molecule has 1 aliphatic rings. The van der Waals surface area contributed by atoms with Crippen LogP contribution in [0, 0.1) is 0 Å². The summed E-state index contributed by atoms with van der Waals surface area (Å²) in [7, 11) is 0. The van der Waals surface area contributed by atoms with Gasteiger partial charge in [-0.15, -0.1) is 0 Å². The van der Waals surface area contributed by atoms with E-state index in [-0.39, 0.29) is 11.9 Å². The Kier molecular flexibility index (Phi) is 6.00. The lowest BCUT2D eigenvalue weighted by Crippen LogP contribution is -2.37. The summed E-state index contributed by atoms with van der Waals surface area (Å²) in [6.07, 6.45) is 2.07. The quantitative estimate of drug-likeness (QED) is 0.667. The molecule has 0 aromatic heterocycles. The molecule has 0 bridgehead atoms. The number of rotatable bonds is 5. The first kappa shape index (κ1) is 18.2. The number of hydrogen-bond acceptors (Lipinski definition) is 3. The topological polar surface area (TPSA) is 29.5 Å². The molecule has 1 heterocycles. The Labute approximate surface area is 158 Å². The maximum Gasteiger partial charge on any atom is 0.159 e. The molecule has 132 valence electrons. The highest BCUT2D eigenvalue weighted by Gasteiger charge is 2.21. The summed E-state index contributed by atoms with van der Waals surface area (Å²) in [5.41, 5.74) is 1.88. The number of nitrogens with zero attached hydrogens (tertiary/aromatic N) is 1. The summed E-state index contributed by atoms with van der Waals surface area (Å²) in [5, 5.41) is 1.26. The Morgan fingerprint density at radius 2 is 1.80 bits per heavy atom. The van der Waals surface area contributed by atoms with E-state index in [1.54, 1.807) is 18.2 Å². The zero-order valence-electron chi connectivity index (χ0n) is 14.2. The van der Waals surface area contributed by atoms with Crippen LogP contribution in [-0.4, -0.2) is 29.9 Å². The third-order valence-corrected chi connectivity index (χ3v) is 5.03. The van der Waals surface area contributed by atoms with E-state index in [0.717, 1.165) is 37.5 Å². The van der Waals surface area contributed by atoms with Crippen LogP contribution in [0.1, 0.15) is 35.7 Å². The second kappa shape index (κ2) is 8.22. The molecule has 3 rings (SSSR count). The van der Waals surface area contributed by atoms with Gasteiger partial charge in [0.05, 0.1) is 5.02 Å². The number of likely N-dealkylation sites (tertiary alicyclic amines) is 1. The molecule has 1 aliphatic heterocycles. The number of piperidine rings is 1. The number of hydrogen-bond donors (Lipinski definition) is 0. The van der Waals surface area contributed by atoms with E-state index < -0.39 is 0 Å². The first-order chi connectivity index (χ1) is 12.0. The van der Waals surface area contributed by atoms with Gasteiger partial charge in [-0.3, -0.25) is 9.69 Å². The summed E-state index contributed by atoms with van der Waals surface area (Å²) in [5.74, 6) is 0.659. The summed E-state index contributed by atoms with van der Waals surface area (Å²) < 4.78 is 6.05. The molecule has 5 heteroatoms. The predicted octanol–water partition coefficient (Wildman–Crippen LogP) is 5.24. The van der Waals surface area contributed by atoms with Crippen molar-refractivity contribution in [2.75, 3.05) is 13.1 Å². The molecule has 0 saturated carbocycles. The lowest BCUT2D eigenvalue weighted by atomic mass is 10.1. The van der Waals surface area contributed by atoms with Crippen molar-refractivity contribution < 1.29 is 9.53 Å². The van der Waals surface area contributed by atoms with Crippen molar-refractivity contribution in [2.45, 2.75) is 32.4 Å². The lowest BCUT2D eigenvalue weighted by Gasteiger charge is -2.32. The Hall–Kier alpha value is -1.55. The smallest absolute Gasteiger partial charge is 0.159 e. The van der Waals surface area contributed by atoms with Crippen LogP contribution >= 0.6 is 23.2 Å². The van der Waals surface area contributed by atoms with Crippen LogP contribution in [0.25, 0.3) is 0 Å². The van der Waals surface area contributed by atoms with Gasteiger partial charge in [-0.05, 0) is 55.7 Å². The number of Topliss-reactive ketones (excluding diaryl/α,β-unsaturated/α-hetero) is 1. The van der Waals surface area contributed by atoms with Crippen molar-refractivity contribution in [3.8, 4) is 5.75 Å². The average molecular weight is 378 g/mol. The van der Waals surface area contributed by atoms with Gasteiger partial charge in [-0.25, -0.2) is 0 Å². The second-order valence-electron chi connectivity index (χ2n) is 6.42. The average Bonchev–Trinajstić information content (AvgIpc) is 2.60. The highest BCUT2D eigenvalue weighted by molar-refractivity contribution is 6.32. The molecule has 0 spiro atoms. The maximum atomic E-state index is 11.4. The summed E-state index contributed by atoms with van der Waals surface area (Å²) in [6.45, 7) is 4.42. The normalized spacial score (nSPS) is 16.0. The minimum Gasteiger partial charge on any atom is -0.489 e. The molecular formula is C20H21Cl2NO2. The van der Waals surface area contributed by atoms with Crippen molar-refractivity contribution in [1.29, 1.82) is 0 Å². The van der Waals surface area contributed by atoms with E-state index in [0.29, 0.717) is 16.3 Å². The molecule has 2 aromatic rings. The summed E-state index contributed by atoms with van der Waals surface area (Å²) in [6, 6.07) is 13.2. The largest absolute Gasteiger partial charge is 0.489 e. The number of benzene rings is 2. The van der Waals surface area contributed by atoms with E-state index in [2.05, 4.69) is 17.0 Å². The summed E-state index contributed by atoms with van der Waals surface area (Å²) in [4.78, 5) is 13.8. The highest BCUT2D eigenvalue weighted by atomic mass is 35.5. The van der Waals surface area contributed by atoms with E-state index in [4.69, 9.17) is 27.9 Å². The molecule has 25 heavy (non-hydrogen) atoms. The van der Waals surface area contributed by atoms with E-state index >= 15 is 0 Å². The Morgan fingerprint density at radius 3 is 2.40 bits per heavy atom. The zero-order valence-corrected chi connectivity index (χ0v) is 15.7. The Bertz CT molecular complexity index is 738. The molecule has 0 unspecified atom stereocenters. The van der Waals surface area contributed by atoms with Crippen molar-refractivity contribution in [1.82, 2.24) is 4.90 Å². The standard InChI is InChI=1S/C20H21Cl2NO2/c1-14(24)16-4-7-20(19(22)12-16)25-18-8-10-23(11-9-18)13-15-2-5-17(21)6-3-15/h2-7,12,18H,8-11,13H2,1H3. The molecule has 0 N–H and O–H groups in total. The van der Waals surface area contributed by atoms with Gasteiger partial charge in [-0.2, -0.15) is 0 Å². The first-order valence-corrected chi connectivity index (χ1v) is 9.21. The second-order valence-corrected chi connectivity index (χ2v) is 7.26. The van der Waals surface area contributed by atoms with Crippen LogP contribution in [0.15, 0.2) is 42.5 Å². The van der Waals surface area contributed by atoms with E-state index in [1.807, 2.05) is 12.1 Å². The Balaban J connectivity index is 1.52. The molecule has 2 aromatic carbocycles. The third-order valence-electron chi connectivity index (χ3n) is 4.49. The molecule has 0 radical (unpaired) electrons. The van der Waals surface area contributed by atoms with Crippen molar-refractivity contribution in [2.24, 2.45) is 0 Å². The maximum absolute atomic E-state index is 11.4. The number of halogens is 2. The van der Waals surface area contributed by atoms with Crippen molar-refractivity contribution in [3.05, 3.63) is 63.6 Å². The lowest BCUT2D eigenvalue weighted by molar-refractivity contribution is 0.0968. The van der Waals surface area contributed by atoms with Crippen LogP contribution < -0.4 is 4.74 Å². The fourth-order valence-electron chi connectivity index (χ4n) is 3.03. The summed E-state index contributed by atoms with van der Waals surface area (Å²) >= 11 is 12.2. The Morgan fingerprint density at radius 1 is 1.12 bits per heavy atom. The number of ketones is 1. The minimum atomic E-state index is 0.00366. The van der Waals surface area contributed by atoms with Gasteiger partial charge >= 0.3 is 0 Å². The first-order valence-electron chi connectivity index (χ1n) is 8.45. The third kappa shape index (κ3) is 4.97. The number of carbonyl (C=O) groups excluding carboxylic acids is 1. The zero-order chi connectivity index (χ0) is 17.8. The molecule has 3 nitrogen and oxygen atoms in total. The van der Waals surface area contributed by atoms with Crippen LogP contribution in [0.3, 0.4) is 0 Å². The van der Waals surface area contributed by atoms with E-state index in [1.165, 1.54) is 12.5 Å². The van der Waals surface area contributed by atoms with Crippen molar-refractivity contribution in [3.63, 3.8) is 0 Å². The van der Waals surface area contributed by atoms with Crippen LogP contribution in [0.5, 0.6) is 5.75 Å². The molecular weight excluding hydrogens is 357 g/mol. The molecule has 0 atom stereocenters. The van der Waals surface area contributed by atoms with Gasteiger partial charge in [0, 0.05) is 30.2 Å². The monoisotopic (exact) mass is 377 g/mol. The van der Waals surface area contributed by atoms with Gasteiger partial charge in [0.2, 0.25) is 0 Å².